The summed E-state index contributed by atoms with van der Waals surface area (Å²) in [7, 11) is 0. The predicted molar refractivity (Wildman–Crippen MR) is 84.9 cm³/mol. The van der Waals surface area contributed by atoms with Crippen LogP contribution in [0.1, 0.15) is 31.7 Å². The zero-order valence-corrected chi connectivity index (χ0v) is 13.4. The molecule has 0 unspecified atom stereocenters. The molecule has 3 rings (SSSR count). The number of carbonyl (C=O) groups is 1. The third kappa shape index (κ3) is 2.55. The van der Waals surface area contributed by atoms with E-state index in [2.05, 4.69) is 30.9 Å². The summed E-state index contributed by atoms with van der Waals surface area (Å²) >= 11 is 0. The van der Waals surface area contributed by atoms with E-state index in [1.807, 2.05) is 18.2 Å². The first-order valence-corrected chi connectivity index (χ1v) is 8.15. The van der Waals surface area contributed by atoms with Gasteiger partial charge in [0.05, 0.1) is 24.7 Å². The second-order valence-corrected chi connectivity index (χ2v) is 6.95. The third-order valence-electron chi connectivity index (χ3n) is 5.57. The summed E-state index contributed by atoms with van der Waals surface area (Å²) in [5.74, 6) is -0.386. The lowest BCUT2D eigenvalue weighted by Gasteiger charge is -2.55. The molecule has 0 aromatic heterocycles. The summed E-state index contributed by atoms with van der Waals surface area (Å²) in [5, 5.41) is 9.60. The fraction of sp³-hybridized carbons (Fsp3) is 0.611. The highest BCUT2D eigenvalue weighted by atomic mass is 16.5. The van der Waals surface area contributed by atoms with E-state index in [0.717, 1.165) is 31.9 Å². The highest BCUT2D eigenvalue weighted by Crippen LogP contribution is 2.40. The number of ether oxygens (including phenoxy) is 1. The molecular weight excluding hydrogens is 278 g/mol. The highest BCUT2D eigenvalue weighted by Gasteiger charge is 2.49. The van der Waals surface area contributed by atoms with Crippen LogP contribution >= 0.6 is 0 Å². The van der Waals surface area contributed by atoms with Crippen LogP contribution in [0.25, 0.3) is 0 Å². The molecule has 0 amide bonds. The molecule has 120 valence electrons. The SMILES string of the molecule is CC(C)C1(N2CC[C@@H](C(=O)O)[C@H](c3ccccc3)C2)COC1. The van der Waals surface area contributed by atoms with Crippen LogP contribution in [0.15, 0.2) is 30.3 Å². The average molecular weight is 303 g/mol. The van der Waals surface area contributed by atoms with Gasteiger partial charge in [-0.3, -0.25) is 9.69 Å². The van der Waals surface area contributed by atoms with Crippen LogP contribution in [-0.4, -0.2) is 47.8 Å². The number of hydrogen-bond donors (Lipinski definition) is 1. The van der Waals surface area contributed by atoms with Crippen LogP contribution in [0.5, 0.6) is 0 Å². The normalized spacial score (nSPS) is 28.3. The van der Waals surface area contributed by atoms with Gasteiger partial charge < -0.3 is 9.84 Å². The molecule has 0 radical (unpaired) electrons. The molecule has 4 nitrogen and oxygen atoms in total. The van der Waals surface area contributed by atoms with Gasteiger partial charge in [-0.05, 0) is 24.4 Å². The van der Waals surface area contributed by atoms with Crippen LogP contribution in [0.2, 0.25) is 0 Å². The van der Waals surface area contributed by atoms with Crippen molar-refractivity contribution in [1.29, 1.82) is 0 Å². The minimum atomic E-state index is -0.669. The Labute approximate surface area is 132 Å². The molecule has 0 spiro atoms. The van der Waals surface area contributed by atoms with Gasteiger partial charge in [-0.15, -0.1) is 0 Å². The number of rotatable bonds is 4. The van der Waals surface area contributed by atoms with Crippen molar-refractivity contribution in [3.8, 4) is 0 Å². The molecular formula is C18H25NO3. The molecule has 2 heterocycles. The molecule has 0 saturated carbocycles. The van der Waals surface area contributed by atoms with Crippen molar-refractivity contribution in [1.82, 2.24) is 4.90 Å². The van der Waals surface area contributed by atoms with Gasteiger partial charge in [0, 0.05) is 12.5 Å². The van der Waals surface area contributed by atoms with Gasteiger partial charge in [-0.1, -0.05) is 44.2 Å². The van der Waals surface area contributed by atoms with Crippen molar-refractivity contribution in [2.24, 2.45) is 11.8 Å². The fourth-order valence-electron chi connectivity index (χ4n) is 3.88. The van der Waals surface area contributed by atoms with Crippen LogP contribution < -0.4 is 0 Å². The van der Waals surface area contributed by atoms with Crippen LogP contribution in [-0.2, 0) is 9.53 Å². The third-order valence-corrected chi connectivity index (χ3v) is 5.57. The fourth-order valence-corrected chi connectivity index (χ4v) is 3.88. The predicted octanol–water partition coefficient (Wildman–Crippen LogP) is 2.60. The molecule has 2 fully saturated rings. The van der Waals surface area contributed by atoms with Crippen LogP contribution in [0, 0.1) is 11.8 Å². The Kier molecular flexibility index (Phi) is 4.24. The van der Waals surface area contributed by atoms with Crippen molar-refractivity contribution in [2.75, 3.05) is 26.3 Å². The van der Waals surface area contributed by atoms with Crippen molar-refractivity contribution in [3.63, 3.8) is 0 Å². The molecule has 0 bridgehead atoms. The summed E-state index contributed by atoms with van der Waals surface area (Å²) in [5.41, 5.74) is 1.23. The summed E-state index contributed by atoms with van der Waals surface area (Å²) in [6.07, 6.45) is 0.712. The zero-order chi connectivity index (χ0) is 15.7. The molecule has 2 aliphatic heterocycles. The first kappa shape index (κ1) is 15.5. The van der Waals surface area contributed by atoms with E-state index in [4.69, 9.17) is 4.74 Å². The molecule has 2 atom stereocenters. The summed E-state index contributed by atoms with van der Waals surface area (Å²) in [6, 6.07) is 10.1. The molecule has 4 heteroatoms. The number of aliphatic carboxylic acids is 1. The molecule has 22 heavy (non-hydrogen) atoms. The second-order valence-electron chi connectivity index (χ2n) is 6.95. The number of carboxylic acid groups (broad SMARTS) is 1. The van der Waals surface area contributed by atoms with Gasteiger partial charge in [0.25, 0.3) is 0 Å². The summed E-state index contributed by atoms with van der Waals surface area (Å²) in [6.45, 7) is 7.67. The first-order chi connectivity index (χ1) is 10.5. The molecule has 2 aliphatic rings. The van der Waals surface area contributed by atoms with Crippen molar-refractivity contribution in [3.05, 3.63) is 35.9 Å². The van der Waals surface area contributed by atoms with Crippen molar-refractivity contribution in [2.45, 2.75) is 31.7 Å². The maximum absolute atomic E-state index is 11.7. The van der Waals surface area contributed by atoms with E-state index in [-0.39, 0.29) is 17.4 Å². The average Bonchev–Trinajstić information content (AvgIpc) is 2.46. The zero-order valence-electron chi connectivity index (χ0n) is 13.4. The molecule has 1 aromatic rings. The Balaban J connectivity index is 1.86. The Bertz CT molecular complexity index is 524. The number of carboxylic acids is 1. The smallest absolute Gasteiger partial charge is 0.307 e. The summed E-state index contributed by atoms with van der Waals surface area (Å²) < 4.78 is 5.51. The minimum Gasteiger partial charge on any atom is -0.481 e. The number of piperidine rings is 1. The van der Waals surface area contributed by atoms with E-state index in [0.29, 0.717) is 12.3 Å². The van der Waals surface area contributed by atoms with Crippen LogP contribution in [0.4, 0.5) is 0 Å². The van der Waals surface area contributed by atoms with Crippen LogP contribution in [0.3, 0.4) is 0 Å². The molecule has 0 aliphatic carbocycles. The quantitative estimate of drug-likeness (QED) is 0.929. The number of benzene rings is 1. The topological polar surface area (TPSA) is 49.8 Å². The molecule has 1 aromatic carbocycles. The standard InChI is InChI=1S/C18H25NO3/c1-13(2)18(11-22-12-18)19-9-8-15(17(20)21)16(10-19)14-6-4-3-5-7-14/h3-7,13,15-16H,8-12H2,1-2H3,(H,20,21)/t15-,16+/m1/s1. The number of nitrogens with zero attached hydrogens (tertiary/aromatic N) is 1. The largest absolute Gasteiger partial charge is 0.481 e. The van der Waals surface area contributed by atoms with Gasteiger partial charge in [0.15, 0.2) is 0 Å². The summed E-state index contributed by atoms with van der Waals surface area (Å²) in [4.78, 5) is 14.2. The van der Waals surface area contributed by atoms with Gasteiger partial charge in [-0.25, -0.2) is 0 Å². The van der Waals surface area contributed by atoms with Gasteiger partial charge in [0.1, 0.15) is 0 Å². The van der Waals surface area contributed by atoms with Crippen molar-refractivity contribution < 1.29 is 14.6 Å². The van der Waals surface area contributed by atoms with Gasteiger partial charge in [-0.2, -0.15) is 0 Å². The van der Waals surface area contributed by atoms with E-state index in [1.165, 1.54) is 0 Å². The van der Waals surface area contributed by atoms with E-state index >= 15 is 0 Å². The Hall–Kier alpha value is -1.39. The number of likely N-dealkylation sites (tertiary alicyclic amines) is 1. The van der Waals surface area contributed by atoms with Gasteiger partial charge >= 0.3 is 5.97 Å². The van der Waals surface area contributed by atoms with E-state index in [9.17, 15) is 9.90 Å². The Morgan fingerprint density at radius 3 is 2.50 bits per heavy atom. The maximum atomic E-state index is 11.7. The minimum absolute atomic E-state index is 0.0590. The second kappa shape index (κ2) is 6.01. The van der Waals surface area contributed by atoms with E-state index in [1.54, 1.807) is 0 Å². The lowest BCUT2D eigenvalue weighted by Crippen LogP contribution is -2.67. The maximum Gasteiger partial charge on any atom is 0.307 e. The molecule has 2 saturated heterocycles. The Morgan fingerprint density at radius 2 is 2.00 bits per heavy atom. The molecule has 1 N–H and O–H groups in total. The monoisotopic (exact) mass is 303 g/mol. The first-order valence-electron chi connectivity index (χ1n) is 8.15. The lowest BCUT2D eigenvalue weighted by atomic mass is 9.75. The van der Waals surface area contributed by atoms with Crippen molar-refractivity contribution >= 4 is 5.97 Å². The lowest BCUT2D eigenvalue weighted by molar-refractivity contribution is -0.176. The Morgan fingerprint density at radius 1 is 1.32 bits per heavy atom. The highest BCUT2D eigenvalue weighted by molar-refractivity contribution is 5.71. The number of hydrogen-bond acceptors (Lipinski definition) is 3. The van der Waals surface area contributed by atoms with E-state index < -0.39 is 5.97 Å². The van der Waals surface area contributed by atoms with Gasteiger partial charge in [0.2, 0.25) is 0 Å².